The number of aromatic nitrogens is 3. The third-order valence-electron chi connectivity index (χ3n) is 3.44. The molecule has 0 saturated carbocycles. The first-order chi connectivity index (χ1) is 10.5. The third kappa shape index (κ3) is 4.18. The number of hydrogen-bond donors (Lipinski definition) is 1. The van der Waals surface area contributed by atoms with Crippen molar-refractivity contribution in [2.45, 2.75) is 26.4 Å². The minimum Gasteiger partial charge on any atom is -0.387 e. The largest absolute Gasteiger partial charge is 0.387 e. The van der Waals surface area contributed by atoms with Crippen molar-refractivity contribution >= 4 is 17.5 Å². The highest BCUT2D eigenvalue weighted by atomic mass is 16.3. The maximum atomic E-state index is 10.5. The zero-order chi connectivity index (χ0) is 16.1. The van der Waals surface area contributed by atoms with Gasteiger partial charge in [-0.25, -0.2) is 9.67 Å². The summed E-state index contributed by atoms with van der Waals surface area (Å²) in [6, 6.07) is 8.18. The van der Waals surface area contributed by atoms with Gasteiger partial charge in [0.25, 0.3) is 0 Å². The first-order valence-corrected chi connectivity index (χ1v) is 7.49. The SMILES string of the molecule is CC(C)CC(O)C(=Cc1ccc(N(C)C)cc1)n1cncn1. The Hall–Kier alpha value is -2.14. The van der Waals surface area contributed by atoms with Crippen molar-refractivity contribution in [1.29, 1.82) is 0 Å². The van der Waals surface area contributed by atoms with Crippen LogP contribution in [0.1, 0.15) is 25.8 Å². The van der Waals surface area contributed by atoms with E-state index in [2.05, 4.69) is 41.0 Å². The van der Waals surface area contributed by atoms with Crippen LogP contribution in [0.2, 0.25) is 0 Å². The van der Waals surface area contributed by atoms with E-state index < -0.39 is 6.10 Å². The second kappa shape index (κ2) is 7.22. The summed E-state index contributed by atoms with van der Waals surface area (Å²) in [4.78, 5) is 6.03. The van der Waals surface area contributed by atoms with Gasteiger partial charge < -0.3 is 10.0 Å². The minimum absolute atomic E-state index is 0.401. The van der Waals surface area contributed by atoms with Crippen molar-refractivity contribution in [1.82, 2.24) is 14.8 Å². The second-order valence-electron chi connectivity index (χ2n) is 6.04. The molecule has 1 atom stereocenters. The summed E-state index contributed by atoms with van der Waals surface area (Å²) < 4.78 is 1.63. The highest BCUT2D eigenvalue weighted by molar-refractivity contribution is 5.73. The standard InChI is InChI=1S/C17H24N4O/c1-13(2)9-17(22)16(21-12-18-11-19-21)10-14-5-7-15(8-6-14)20(3)4/h5-8,10-13,17,22H,9H2,1-4H3. The molecular weight excluding hydrogens is 276 g/mol. The van der Waals surface area contributed by atoms with Gasteiger partial charge in [-0.3, -0.25) is 0 Å². The molecule has 118 valence electrons. The van der Waals surface area contributed by atoms with Crippen LogP contribution in [0, 0.1) is 5.92 Å². The molecule has 2 rings (SSSR count). The Bertz CT molecular complexity index is 600. The van der Waals surface area contributed by atoms with Crippen molar-refractivity contribution in [3.8, 4) is 0 Å². The van der Waals surface area contributed by atoms with Gasteiger partial charge in [-0.05, 0) is 36.1 Å². The van der Waals surface area contributed by atoms with Crippen LogP contribution < -0.4 is 4.90 Å². The number of rotatable bonds is 6. The van der Waals surface area contributed by atoms with Gasteiger partial charge in [0.15, 0.2) is 0 Å². The minimum atomic E-state index is -0.574. The van der Waals surface area contributed by atoms with E-state index in [1.165, 1.54) is 6.33 Å². The molecular formula is C17H24N4O. The van der Waals surface area contributed by atoms with Gasteiger partial charge >= 0.3 is 0 Å². The molecule has 1 heterocycles. The number of aliphatic hydroxyl groups excluding tert-OH is 1. The van der Waals surface area contributed by atoms with Gasteiger partial charge in [-0.15, -0.1) is 0 Å². The van der Waals surface area contributed by atoms with Gasteiger partial charge in [0.05, 0.1) is 11.8 Å². The molecule has 0 amide bonds. The van der Waals surface area contributed by atoms with Crippen LogP contribution in [0.5, 0.6) is 0 Å². The van der Waals surface area contributed by atoms with E-state index in [0.29, 0.717) is 12.3 Å². The van der Waals surface area contributed by atoms with Crippen LogP contribution in [0.4, 0.5) is 5.69 Å². The number of anilines is 1. The van der Waals surface area contributed by atoms with Crippen molar-refractivity contribution < 1.29 is 5.11 Å². The average molecular weight is 300 g/mol. The zero-order valence-corrected chi connectivity index (χ0v) is 13.6. The van der Waals surface area contributed by atoms with E-state index >= 15 is 0 Å². The van der Waals surface area contributed by atoms with Crippen molar-refractivity contribution in [3.05, 3.63) is 42.5 Å². The van der Waals surface area contributed by atoms with E-state index in [9.17, 15) is 5.11 Å². The molecule has 0 aliphatic heterocycles. The Morgan fingerprint density at radius 1 is 1.27 bits per heavy atom. The number of hydrogen-bond acceptors (Lipinski definition) is 4. The normalized spacial score (nSPS) is 13.5. The summed E-state index contributed by atoms with van der Waals surface area (Å²) in [5, 5.41) is 14.6. The van der Waals surface area contributed by atoms with E-state index in [-0.39, 0.29) is 0 Å². The Labute approximate surface area is 131 Å². The number of benzene rings is 1. The van der Waals surface area contributed by atoms with E-state index in [0.717, 1.165) is 16.9 Å². The van der Waals surface area contributed by atoms with E-state index in [1.807, 2.05) is 32.3 Å². The summed E-state index contributed by atoms with van der Waals surface area (Å²) in [6.07, 6.45) is 5.16. The summed E-state index contributed by atoms with van der Waals surface area (Å²) >= 11 is 0. The molecule has 1 aromatic carbocycles. The predicted molar refractivity (Wildman–Crippen MR) is 90.4 cm³/mol. The van der Waals surface area contributed by atoms with Crippen molar-refractivity contribution in [2.75, 3.05) is 19.0 Å². The lowest BCUT2D eigenvalue weighted by atomic mass is 10.0. The molecule has 1 aromatic heterocycles. The van der Waals surface area contributed by atoms with Crippen LogP contribution >= 0.6 is 0 Å². The summed E-state index contributed by atoms with van der Waals surface area (Å²) in [7, 11) is 4.02. The Morgan fingerprint density at radius 3 is 2.45 bits per heavy atom. The predicted octanol–water partition coefficient (Wildman–Crippen LogP) is 2.75. The first-order valence-electron chi connectivity index (χ1n) is 7.49. The fraction of sp³-hybridized carbons (Fsp3) is 0.412. The molecule has 0 radical (unpaired) electrons. The third-order valence-corrected chi connectivity index (χ3v) is 3.44. The average Bonchev–Trinajstić information content (AvgIpc) is 2.98. The molecule has 5 heteroatoms. The molecule has 0 spiro atoms. The molecule has 0 fully saturated rings. The molecule has 2 aromatic rings. The highest BCUT2D eigenvalue weighted by Crippen LogP contribution is 2.21. The van der Waals surface area contributed by atoms with Gasteiger partial charge in [0, 0.05) is 19.8 Å². The fourth-order valence-corrected chi connectivity index (χ4v) is 2.26. The fourth-order valence-electron chi connectivity index (χ4n) is 2.26. The molecule has 0 aliphatic rings. The lowest BCUT2D eigenvalue weighted by molar-refractivity contribution is 0.197. The Morgan fingerprint density at radius 2 is 1.95 bits per heavy atom. The molecule has 1 unspecified atom stereocenters. The van der Waals surface area contributed by atoms with Crippen LogP contribution in [0.25, 0.3) is 11.8 Å². The number of aliphatic hydroxyl groups is 1. The Balaban J connectivity index is 2.31. The van der Waals surface area contributed by atoms with Crippen LogP contribution in [0.15, 0.2) is 36.9 Å². The van der Waals surface area contributed by atoms with Gasteiger partial charge in [0.2, 0.25) is 0 Å². The second-order valence-corrected chi connectivity index (χ2v) is 6.04. The maximum absolute atomic E-state index is 10.5. The zero-order valence-electron chi connectivity index (χ0n) is 13.6. The monoisotopic (exact) mass is 300 g/mol. The summed E-state index contributed by atoms with van der Waals surface area (Å²) in [6.45, 7) is 4.18. The van der Waals surface area contributed by atoms with Crippen molar-refractivity contribution in [2.24, 2.45) is 5.92 Å². The molecule has 0 aliphatic carbocycles. The molecule has 22 heavy (non-hydrogen) atoms. The molecule has 5 nitrogen and oxygen atoms in total. The smallest absolute Gasteiger partial charge is 0.138 e. The topological polar surface area (TPSA) is 54.2 Å². The molecule has 0 bridgehead atoms. The van der Waals surface area contributed by atoms with E-state index in [4.69, 9.17) is 0 Å². The van der Waals surface area contributed by atoms with Crippen molar-refractivity contribution in [3.63, 3.8) is 0 Å². The maximum Gasteiger partial charge on any atom is 0.138 e. The quantitative estimate of drug-likeness (QED) is 0.891. The lowest BCUT2D eigenvalue weighted by Gasteiger charge is -2.17. The lowest BCUT2D eigenvalue weighted by Crippen LogP contribution is -2.17. The summed E-state index contributed by atoms with van der Waals surface area (Å²) in [5.74, 6) is 0.401. The van der Waals surface area contributed by atoms with Gasteiger partial charge in [0.1, 0.15) is 12.7 Å². The number of nitrogens with zero attached hydrogens (tertiary/aromatic N) is 4. The van der Waals surface area contributed by atoms with Crippen LogP contribution in [-0.2, 0) is 0 Å². The van der Waals surface area contributed by atoms with Crippen LogP contribution in [-0.4, -0.2) is 40.1 Å². The van der Waals surface area contributed by atoms with E-state index in [1.54, 1.807) is 11.0 Å². The van der Waals surface area contributed by atoms with Gasteiger partial charge in [-0.2, -0.15) is 5.10 Å². The molecule has 0 saturated heterocycles. The summed E-state index contributed by atoms with van der Waals surface area (Å²) in [5.41, 5.74) is 2.91. The van der Waals surface area contributed by atoms with Gasteiger partial charge in [-0.1, -0.05) is 26.0 Å². The highest BCUT2D eigenvalue weighted by Gasteiger charge is 2.15. The molecule has 1 N–H and O–H groups in total. The Kier molecular flexibility index (Phi) is 5.33. The van der Waals surface area contributed by atoms with Crippen LogP contribution in [0.3, 0.4) is 0 Å². The first kappa shape index (κ1) is 16.2.